The zero-order valence-electron chi connectivity index (χ0n) is 14.3. The van der Waals surface area contributed by atoms with Crippen molar-refractivity contribution in [3.8, 4) is 0 Å². The summed E-state index contributed by atoms with van der Waals surface area (Å²) in [4.78, 5) is 12.0. The summed E-state index contributed by atoms with van der Waals surface area (Å²) in [5, 5.41) is 10.5. The van der Waals surface area contributed by atoms with Crippen LogP contribution >= 0.6 is 0 Å². The van der Waals surface area contributed by atoms with Crippen LogP contribution in [0.2, 0.25) is 0 Å². The van der Waals surface area contributed by atoms with Gasteiger partial charge in [0, 0.05) is 6.42 Å². The van der Waals surface area contributed by atoms with Gasteiger partial charge in [-0.1, -0.05) is 19.4 Å². The van der Waals surface area contributed by atoms with Crippen LogP contribution in [-0.2, 0) is 4.79 Å². The first-order valence-electron chi connectivity index (χ1n) is 9.27. The molecular formula is C20H30O2. The third-order valence-corrected chi connectivity index (χ3v) is 8.53. The lowest BCUT2D eigenvalue weighted by Gasteiger charge is -2.60. The summed E-state index contributed by atoms with van der Waals surface area (Å²) in [6.45, 7) is 6.98. The van der Waals surface area contributed by atoms with E-state index in [-0.39, 0.29) is 16.9 Å². The molecule has 0 aromatic rings. The van der Waals surface area contributed by atoms with E-state index in [9.17, 15) is 9.90 Å². The smallest absolute Gasteiger partial charge is 0.155 e. The highest BCUT2D eigenvalue weighted by Gasteiger charge is 2.60. The summed E-state index contributed by atoms with van der Waals surface area (Å²) in [5.41, 5.74) is 1.73. The highest BCUT2D eigenvalue weighted by molar-refractivity contribution is 5.91. The van der Waals surface area contributed by atoms with E-state index < -0.39 is 0 Å². The van der Waals surface area contributed by atoms with Crippen LogP contribution in [0.1, 0.15) is 65.7 Å². The van der Waals surface area contributed by atoms with E-state index in [4.69, 9.17) is 0 Å². The van der Waals surface area contributed by atoms with Crippen LogP contribution in [0.5, 0.6) is 0 Å². The van der Waals surface area contributed by atoms with E-state index in [0.717, 1.165) is 24.7 Å². The second-order valence-corrected chi connectivity index (χ2v) is 9.07. The predicted molar refractivity (Wildman–Crippen MR) is 87.3 cm³/mol. The molecule has 3 fully saturated rings. The number of allylic oxidation sites excluding steroid dienone is 2. The Kier molecular flexibility index (Phi) is 3.18. The molecule has 0 aliphatic heterocycles. The monoisotopic (exact) mass is 302 g/mol. The molecule has 2 nitrogen and oxygen atoms in total. The molecule has 122 valence electrons. The summed E-state index contributed by atoms with van der Waals surface area (Å²) in [7, 11) is 0. The predicted octanol–water partition coefficient (Wildman–Crippen LogP) is 4.13. The Bertz CT molecular complexity index is 536. The van der Waals surface area contributed by atoms with Gasteiger partial charge in [0.1, 0.15) is 0 Å². The molecule has 4 aliphatic carbocycles. The quantitative estimate of drug-likeness (QED) is 0.730. The molecule has 2 heteroatoms. The van der Waals surface area contributed by atoms with Crippen molar-refractivity contribution in [1.82, 2.24) is 0 Å². The van der Waals surface area contributed by atoms with Crippen molar-refractivity contribution in [2.75, 3.05) is 0 Å². The molecule has 0 spiro atoms. The molecule has 22 heavy (non-hydrogen) atoms. The number of rotatable bonds is 0. The molecule has 3 saturated carbocycles. The van der Waals surface area contributed by atoms with E-state index >= 15 is 0 Å². The molecule has 0 saturated heterocycles. The number of hydrogen-bond donors (Lipinski definition) is 1. The summed E-state index contributed by atoms with van der Waals surface area (Å²) >= 11 is 0. The van der Waals surface area contributed by atoms with Gasteiger partial charge in [-0.05, 0) is 86.0 Å². The van der Waals surface area contributed by atoms with Crippen LogP contribution in [0.3, 0.4) is 0 Å². The summed E-state index contributed by atoms with van der Waals surface area (Å²) in [6.07, 6.45) is 9.71. The van der Waals surface area contributed by atoms with Crippen LogP contribution in [0, 0.1) is 34.5 Å². The maximum absolute atomic E-state index is 12.0. The van der Waals surface area contributed by atoms with Crippen molar-refractivity contribution in [1.29, 1.82) is 0 Å². The number of ketones is 1. The zero-order chi connectivity index (χ0) is 15.7. The molecule has 0 aromatic heterocycles. The maximum Gasteiger partial charge on any atom is 0.155 e. The standard InChI is InChI=1S/C20H30O2/c1-12-10-14(21)11-13-4-5-15-16-6-7-18(22)19(16,2)9-8-17(15)20(12,13)3/h10,13,15-18,22H,4-9,11H2,1-3H3/t13-,15?,16?,17?,18-,19?,20?/m1/s1. The van der Waals surface area contributed by atoms with Gasteiger partial charge >= 0.3 is 0 Å². The molecule has 0 amide bonds. The van der Waals surface area contributed by atoms with Gasteiger partial charge in [-0.3, -0.25) is 4.79 Å². The molecule has 0 aromatic carbocycles. The fourth-order valence-electron chi connectivity index (χ4n) is 7.03. The number of aliphatic hydroxyl groups is 1. The van der Waals surface area contributed by atoms with E-state index in [0.29, 0.717) is 17.6 Å². The van der Waals surface area contributed by atoms with Gasteiger partial charge in [-0.25, -0.2) is 0 Å². The van der Waals surface area contributed by atoms with Crippen LogP contribution < -0.4 is 0 Å². The lowest BCUT2D eigenvalue weighted by atomic mass is 9.45. The van der Waals surface area contributed by atoms with Gasteiger partial charge in [-0.15, -0.1) is 0 Å². The number of fused-ring (bicyclic) bond motifs is 5. The minimum absolute atomic E-state index is 0.0893. The Labute approximate surface area is 134 Å². The van der Waals surface area contributed by atoms with Gasteiger partial charge in [0.05, 0.1) is 6.10 Å². The van der Waals surface area contributed by atoms with Gasteiger partial charge in [0.2, 0.25) is 0 Å². The van der Waals surface area contributed by atoms with Crippen molar-refractivity contribution < 1.29 is 9.90 Å². The molecule has 4 rings (SSSR count). The van der Waals surface area contributed by atoms with Gasteiger partial charge in [0.25, 0.3) is 0 Å². The second-order valence-electron chi connectivity index (χ2n) is 9.07. The SMILES string of the molecule is CC1=CC(=O)C[C@H]2CCC3C4CC[C@@H](O)C4(C)CCC3C12C. The Morgan fingerprint density at radius 3 is 2.64 bits per heavy atom. The molecule has 0 bridgehead atoms. The van der Waals surface area contributed by atoms with Crippen molar-refractivity contribution in [2.45, 2.75) is 71.8 Å². The zero-order valence-corrected chi connectivity index (χ0v) is 14.3. The van der Waals surface area contributed by atoms with Crippen molar-refractivity contribution in [2.24, 2.45) is 34.5 Å². The third-order valence-electron chi connectivity index (χ3n) is 8.53. The van der Waals surface area contributed by atoms with Crippen LogP contribution in [0.15, 0.2) is 11.6 Å². The first kappa shape index (κ1) is 14.9. The fraction of sp³-hybridized carbons (Fsp3) is 0.850. The van der Waals surface area contributed by atoms with Crippen LogP contribution in [0.4, 0.5) is 0 Å². The minimum atomic E-state index is -0.0893. The highest BCUT2D eigenvalue weighted by atomic mass is 16.3. The highest BCUT2D eigenvalue weighted by Crippen LogP contribution is 2.66. The Balaban J connectivity index is 1.72. The third kappa shape index (κ3) is 1.74. The largest absolute Gasteiger partial charge is 0.393 e. The fourth-order valence-corrected chi connectivity index (χ4v) is 7.03. The summed E-state index contributed by atoms with van der Waals surface area (Å²) in [5.74, 6) is 3.08. The van der Waals surface area contributed by atoms with Gasteiger partial charge < -0.3 is 5.11 Å². The van der Waals surface area contributed by atoms with E-state index in [1.807, 2.05) is 6.08 Å². The summed E-state index contributed by atoms with van der Waals surface area (Å²) < 4.78 is 0. The molecule has 5 unspecified atom stereocenters. The number of carbonyl (C=O) groups is 1. The average Bonchev–Trinajstić information content (AvgIpc) is 2.77. The van der Waals surface area contributed by atoms with Crippen molar-refractivity contribution in [3.63, 3.8) is 0 Å². The molecule has 4 aliphatic rings. The molecule has 0 heterocycles. The van der Waals surface area contributed by atoms with Crippen LogP contribution in [0.25, 0.3) is 0 Å². The molecular weight excluding hydrogens is 272 g/mol. The Hall–Kier alpha value is -0.630. The maximum atomic E-state index is 12.0. The Morgan fingerprint density at radius 2 is 1.86 bits per heavy atom. The van der Waals surface area contributed by atoms with E-state index in [1.54, 1.807) is 0 Å². The number of carbonyl (C=O) groups excluding carboxylic acids is 1. The van der Waals surface area contributed by atoms with Crippen molar-refractivity contribution in [3.05, 3.63) is 11.6 Å². The lowest BCUT2D eigenvalue weighted by Crippen LogP contribution is -2.54. The summed E-state index contributed by atoms with van der Waals surface area (Å²) in [6, 6.07) is 0. The average molecular weight is 302 g/mol. The van der Waals surface area contributed by atoms with E-state index in [2.05, 4.69) is 20.8 Å². The van der Waals surface area contributed by atoms with Gasteiger partial charge in [-0.2, -0.15) is 0 Å². The first-order chi connectivity index (χ1) is 10.4. The minimum Gasteiger partial charge on any atom is -0.393 e. The molecule has 1 N–H and O–H groups in total. The topological polar surface area (TPSA) is 37.3 Å². The molecule has 0 radical (unpaired) electrons. The number of hydrogen-bond acceptors (Lipinski definition) is 2. The first-order valence-corrected chi connectivity index (χ1v) is 9.27. The second kappa shape index (κ2) is 4.69. The Morgan fingerprint density at radius 1 is 1.09 bits per heavy atom. The van der Waals surface area contributed by atoms with Crippen LogP contribution in [-0.4, -0.2) is 17.0 Å². The van der Waals surface area contributed by atoms with E-state index in [1.165, 1.54) is 37.7 Å². The number of aliphatic hydroxyl groups excluding tert-OH is 1. The van der Waals surface area contributed by atoms with Gasteiger partial charge in [0.15, 0.2) is 5.78 Å². The lowest BCUT2D eigenvalue weighted by molar-refractivity contribution is -0.125. The normalized spacial score (nSPS) is 54.3. The van der Waals surface area contributed by atoms with Crippen molar-refractivity contribution >= 4 is 5.78 Å². The molecule has 7 atom stereocenters.